The molecule has 0 aliphatic heterocycles. The van der Waals surface area contributed by atoms with Crippen molar-refractivity contribution in [2.75, 3.05) is 12.9 Å². The summed E-state index contributed by atoms with van der Waals surface area (Å²) in [6.07, 6.45) is 0. The molecular formula is C12H14ClFO4S. The third-order valence-electron chi connectivity index (χ3n) is 2.49. The lowest BCUT2D eigenvalue weighted by Crippen LogP contribution is -2.23. The van der Waals surface area contributed by atoms with Crippen LogP contribution in [0.2, 0.25) is 5.02 Å². The largest absolute Gasteiger partial charge is 0.469 e. The van der Waals surface area contributed by atoms with E-state index in [9.17, 15) is 17.6 Å². The van der Waals surface area contributed by atoms with Crippen LogP contribution in [-0.2, 0) is 25.1 Å². The number of methoxy groups -OCH3 is 1. The summed E-state index contributed by atoms with van der Waals surface area (Å²) >= 11 is 5.69. The molecule has 0 bridgehead atoms. The van der Waals surface area contributed by atoms with E-state index < -0.39 is 39.0 Å². The van der Waals surface area contributed by atoms with Gasteiger partial charge in [-0.1, -0.05) is 18.5 Å². The topological polar surface area (TPSA) is 60.4 Å². The minimum atomic E-state index is -3.63. The number of sulfone groups is 1. The highest BCUT2D eigenvalue weighted by Crippen LogP contribution is 2.18. The Labute approximate surface area is 116 Å². The van der Waals surface area contributed by atoms with Gasteiger partial charge in [-0.15, -0.1) is 0 Å². The van der Waals surface area contributed by atoms with Gasteiger partial charge in [-0.3, -0.25) is 4.79 Å². The van der Waals surface area contributed by atoms with Gasteiger partial charge < -0.3 is 4.74 Å². The number of esters is 1. The number of rotatable bonds is 5. The lowest BCUT2D eigenvalue weighted by Gasteiger charge is -2.10. The van der Waals surface area contributed by atoms with E-state index in [0.717, 1.165) is 6.07 Å². The molecule has 106 valence electrons. The van der Waals surface area contributed by atoms with Crippen molar-refractivity contribution in [3.63, 3.8) is 0 Å². The van der Waals surface area contributed by atoms with Crippen molar-refractivity contribution >= 4 is 27.4 Å². The minimum Gasteiger partial charge on any atom is -0.469 e. The Morgan fingerprint density at radius 1 is 1.47 bits per heavy atom. The summed E-state index contributed by atoms with van der Waals surface area (Å²) in [4.78, 5) is 11.2. The van der Waals surface area contributed by atoms with Crippen molar-refractivity contribution in [3.8, 4) is 0 Å². The summed E-state index contributed by atoms with van der Waals surface area (Å²) in [5.74, 6) is -2.95. The van der Waals surface area contributed by atoms with Crippen LogP contribution in [0.25, 0.3) is 0 Å². The fourth-order valence-corrected chi connectivity index (χ4v) is 3.51. The third kappa shape index (κ3) is 4.80. The Morgan fingerprint density at radius 3 is 2.68 bits per heavy atom. The zero-order valence-corrected chi connectivity index (χ0v) is 12.1. The first-order valence-electron chi connectivity index (χ1n) is 5.47. The molecule has 1 aromatic carbocycles. The second kappa shape index (κ2) is 6.34. The van der Waals surface area contributed by atoms with Crippen molar-refractivity contribution in [2.45, 2.75) is 12.7 Å². The predicted octanol–water partition coefficient (Wildman–Crippen LogP) is 2.20. The number of halogens is 2. The highest BCUT2D eigenvalue weighted by atomic mass is 35.5. The maximum atomic E-state index is 13.4. The number of ether oxygens (including phenoxy) is 1. The molecule has 0 heterocycles. The molecule has 4 nitrogen and oxygen atoms in total. The van der Waals surface area contributed by atoms with Crippen molar-refractivity contribution in [1.82, 2.24) is 0 Å². The van der Waals surface area contributed by atoms with Crippen LogP contribution in [0.4, 0.5) is 4.39 Å². The van der Waals surface area contributed by atoms with Crippen LogP contribution in [0.5, 0.6) is 0 Å². The molecule has 1 unspecified atom stereocenters. The molecule has 0 aliphatic carbocycles. The monoisotopic (exact) mass is 308 g/mol. The number of hydrogen-bond donors (Lipinski definition) is 0. The van der Waals surface area contributed by atoms with Gasteiger partial charge in [0.05, 0.1) is 24.5 Å². The van der Waals surface area contributed by atoms with Crippen LogP contribution in [0.15, 0.2) is 18.2 Å². The first kappa shape index (κ1) is 15.9. The number of benzene rings is 1. The van der Waals surface area contributed by atoms with Gasteiger partial charge >= 0.3 is 5.97 Å². The predicted molar refractivity (Wildman–Crippen MR) is 70.1 cm³/mol. The van der Waals surface area contributed by atoms with Crippen LogP contribution >= 0.6 is 11.6 Å². The smallest absolute Gasteiger partial charge is 0.309 e. The van der Waals surface area contributed by atoms with E-state index >= 15 is 0 Å². The zero-order chi connectivity index (χ0) is 14.6. The third-order valence-corrected chi connectivity index (χ3v) is 4.48. The van der Waals surface area contributed by atoms with Crippen molar-refractivity contribution < 1.29 is 22.3 Å². The molecule has 0 saturated carbocycles. The van der Waals surface area contributed by atoms with Gasteiger partial charge in [0.15, 0.2) is 9.84 Å². The van der Waals surface area contributed by atoms with Crippen molar-refractivity contribution in [2.24, 2.45) is 5.92 Å². The molecule has 0 amide bonds. The molecule has 19 heavy (non-hydrogen) atoms. The molecular weight excluding hydrogens is 295 g/mol. The highest BCUT2D eigenvalue weighted by Gasteiger charge is 2.23. The number of carbonyl (C=O) groups is 1. The van der Waals surface area contributed by atoms with E-state index in [2.05, 4.69) is 4.74 Å². The summed E-state index contributed by atoms with van der Waals surface area (Å²) in [6.45, 7) is 1.44. The Balaban J connectivity index is 2.85. The summed E-state index contributed by atoms with van der Waals surface area (Å²) in [6, 6.07) is 3.71. The van der Waals surface area contributed by atoms with E-state index in [-0.39, 0.29) is 10.6 Å². The van der Waals surface area contributed by atoms with Gasteiger partial charge in [-0.2, -0.15) is 0 Å². The first-order valence-corrected chi connectivity index (χ1v) is 7.67. The molecule has 0 saturated heterocycles. The van der Waals surface area contributed by atoms with E-state index in [0.29, 0.717) is 0 Å². The van der Waals surface area contributed by atoms with Crippen molar-refractivity contribution in [1.29, 1.82) is 0 Å². The fraction of sp³-hybridized carbons (Fsp3) is 0.417. The lowest BCUT2D eigenvalue weighted by molar-refractivity contribution is -0.144. The van der Waals surface area contributed by atoms with Gasteiger partial charge in [0.2, 0.25) is 0 Å². The minimum absolute atomic E-state index is 0.00966. The first-order chi connectivity index (χ1) is 8.75. The summed E-state index contributed by atoms with van der Waals surface area (Å²) in [7, 11) is -2.45. The van der Waals surface area contributed by atoms with Crippen LogP contribution < -0.4 is 0 Å². The van der Waals surface area contributed by atoms with E-state index in [1.165, 1.54) is 26.2 Å². The number of hydrogen-bond acceptors (Lipinski definition) is 4. The Morgan fingerprint density at radius 2 is 2.11 bits per heavy atom. The Kier molecular flexibility index (Phi) is 5.31. The highest BCUT2D eigenvalue weighted by molar-refractivity contribution is 7.90. The fourth-order valence-electron chi connectivity index (χ4n) is 1.60. The summed E-state index contributed by atoms with van der Waals surface area (Å²) < 4.78 is 41.7. The molecule has 1 rings (SSSR count). The van der Waals surface area contributed by atoms with E-state index in [1.54, 1.807) is 0 Å². The van der Waals surface area contributed by atoms with Gasteiger partial charge in [0.1, 0.15) is 5.82 Å². The van der Waals surface area contributed by atoms with Gasteiger partial charge in [-0.05, 0) is 18.2 Å². The molecule has 1 aromatic rings. The van der Waals surface area contributed by atoms with Crippen LogP contribution in [0.3, 0.4) is 0 Å². The average Bonchev–Trinajstić information content (AvgIpc) is 2.31. The van der Waals surface area contributed by atoms with E-state index in [1.807, 2.05) is 0 Å². The number of carbonyl (C=O) groups excluding carboxylic acids is 1. The maximum absolute atomic E-state index is 13.4. The molecule has 0 radical (unpaired) electrons. The summed E-state index contributed by atoms with van der Waals surface area (Å²) in [5.41, 5.74) is -0.00966. The van der Waals surface area contributed by atoms with Gasteiger partial charge in [-0.25, -0.2) is 12.8 Å². The molecule has 0 spiro atoms. The molecule has 0 N–H and O–H groups in total. The quantitative estimate of drug-likeness (QED) is 0.782. The van der Waals surface area contributed by atoms with Crippen molar-refractivity contribution in [3.05, 3.63) is 34.6 Å². The standard InChI is InChI=1S/C12H14ClFO4S/c1-8(12(15)18-2)6-19(16,17)7-9-5-10(13)3-4-11(9)14/h3-5,8H,6-7H2,1-2H3. The molecule has 0 aliphatic rings. The van der Waals surface area contributed by atoms with Crippen LogP contribution in [0, 0.1) is 11.7 Å². The summed E-state index contributed by atoms with van der Waals surface area (Å²) in [5, 5.41) is 0.257. The van der Waals surface area contributed by atoms with E-state index in [4.69, 9.17) is 11.6 Å². The normalized spacial score (nSPS) is 13.1. The molecule has 0 fully saturated rings. The molecule has 1 atom stereocenters. The zero-order valence-electron chi connectivity index (χ0n) is 10.5. The second-order valence-electron chi connectivity index (χ2n) is 4.21. The SMILES string of the molecule is COC(=O)C(C)CS(=O)(=O)Cc1cc(Cl)ccc1F. The second-order valence-corrected chi connectivity index (χ2v) is 6.76. The van der Waals surface area contributed by atoms with Crippen LogP contribution in [-0.4, -0.2) is 27.2 Å². The Hall–Kier alpha value is -1.14. The van der Waals surface area contributed by atoms with Gasteiger partial charge in [0, 0.05) is 10.6 Å². The maximum Gasteiger partial charge on any atom is 0.309 e. The van der Waals surface area contributed by atoms with Gasteiger partial charge in [0.25, 0.3) is 0 Å². The molecule has 7 heteroatoms. The lowest BCUT2D eigenvalue weighted by atomic mass is 10.2. The Bertz CT molecular complexity index is 571. The molecule has 0 aromatic heterocycles. The van der Waals surface area contributed by atoms with Crippen LogP contribution in [0.1, 0.15) is 12.5 Å². The average molecular weight is 309 g/mol.